The van der Waals surface area contributed by atoms with Crippen LogP contribution in [-0.4, -0.2) is 13.3 Å². The van der Waals surface area contributed by atoms with Gasteiger partial charge in [-0.25, -0.2) is 4.39 Å². The predicted octanol–water partition coefficient (Wildman–Crippen LogP) is 6.21. The van der Waals surface area contributed by atoms with Gasteiger partial charge in [0, 0.05) is 18.8 Å². The van der Waals surface area contributed by atoms with Crippen molar-refractivity contribution in [2.75, 3.05) is 7.05 Å². The van der Waals surface area contributed by atoms with Gasteiger partial charge < -0.3 is 10.7 Å². The number of allylic oxidation sites excluding steroid dienone is 3. The molecule has 144 valence electrons. The van der Waals surface area contributed by atoms with Crippen molar-refractivity contribution in [1.82, 2.24) is 5.32 Å². The lowest BCUT2D eigenvalue weighted by Crippen LogP contribution is -2.09. The lowest BCUT2D eigenvalue weighted by Gasteiger charge is -2.15. The highest BCUT2D eigenvalue weighted by Crippen LogP contribution is 2.25. The van der Waals surface area contributed by atoms with Crippen LogP contribution in [-0.2, 0) is 12.1 Å². The van der Waals surface area contributed by atoms with E-state index in [2.05, 4.69) is 37.9 Å². The summed E-state index contributed by atoms with van der Waals surface area (Å²) in [5, 5.41) is 10.3. The highest BCUT2D eigenvalue weighted by Gasteiger charge is 2.18. The standard InChI is InChI=1S/C13H16N2.C11H15F/c1-4-12(13(9-14)15-3)11-7-5-10(2)6-8-11;1-4-9-6-5-7-10(8-9)11(2,3)12/h4-9,14-15H,1H2,2-3H3;5-8H,4H2,1-3H3/b13-12+,14-9?;. The molecule has 0 spiro atoms. The molecule has 0 unspecified atom stereocenters. The van der Waals surface area contributed by atoms with Gasteiger partial charge in [0.15, 0.2) is 0 Å². The highest BCUT2D eigenvalue weighted by atomic mass is 19.1. The number of aryl methyl sites for hydroxylation is 2. The minimum atomic E-state index is -1.22. The first-order valence-electron chi connectivity index (χ1n) is 9.17. The van der Waals surface area contributed by atoms with Gasteiger partial charge in [-0.2, -0.15) is 0 Å². The zero-order valence-electron chi connectivity index (χ0n) is 17.1. The van der Waals surface area contributed by atoms with Crippen LogP contribution in [0.2, 0.25) is 0 Å². The van der Waals surface area contributed by atoms with Crippen molar-refractivity contribution in [2.45, 2.75) is 39.8 Å². The Labute approximate surface area is 163 Å². The summed E-state index contributed by atoms with van der Waals surface area (Å²) in [7, 11) is 1.80. The topological polar surface area (TPSA) is 35.9 Å². The summed E-state index contributed by atoms with van der Waals surface area (Å²) in [6.45, 7) is 11.1. The second-order valence-electron chi connectivity index (χ2n) is 6.82. The van der Waals surface area contributed by atoms with Crippen molar-refractivity contribution >= 4 is 11.8 Å². The molecular weight excluding hydrogens is 335 g/mol. The average molecular weight is 367 g/mol. The minimum Gasteiger partial charge on any atom is -0.386 e. The van der Waals surface area contributed by atoms with E-state index in [0.717, 1.165) is 28.8 Å². The zero-order valence-corrected chi connectivity index (χ0v) is 17.1. The van der Waals surface area contributed by atoms with E-state index in [9.17, 15) is 4.39 Å². The Morgan fingerprint density at radius 3 is 2.26 bits per heavy atom. The molecule has 0 heterocycles. The molecule has 0 aliphatic rings. The second-order valence-corrected chi connectivity index (χ2v) is 6.82. The van der Waals surface area contributed by atoms with Crippen molar-refractivity contribution in [3.05, 3.63) is 89.1 Å². The van der Waals surface area contributed by atoms with Crippen LogP contribution < -0.4 is 5.32 Å². The number of rotatable bonds is 6. The van der Waals surface area contributed by atoms with Gasteiger partial charge in [0.25, 0.3) is 0 Å². The Balaban J connectivity index is 0.000000277. The summed E-state index contributed by atoms with van der Waals surface area (Å²) in [5.74, 6) is 0. The summed E-state index contributed by atoms with van der Waals surface area (Å²) in [4.78, 5) is 0. The van der Waals surface area contributed by atoms with Crippen LogP contribution in [0.1, 0.15) is 43.0 Å². The number of hydrogen-bond acceptors (Lipinski definition) is 2. The SMILES string of the molecule is C=C/C(=C(/C=N)NC)c1ccc(C)cc1.CCc1cccc(C(C)(C)F)c1. The quantitative estimate of drug-likeness (QED) is 0.462. The van der Waals surface area contributed by atoms with E-state index in [0.29, 0.717) is 0 Å². The first kappa shape index (κ1) is 22.4. The first-order chi connectivity index (χ1) is 12.8. The van der Waals surface area contributed by atoms with E-state index < -0.39 is 5.67 Å². The van der Waals surface area contributed by atoms with Gasteiger partial charge in [-0.15, -0.1) is 0 Å². The van der Waals surface area contributed by atoms with E-state index in [1.165, 1.54) is 17.3 Å². The van der Waals surface area contributed by atoms with E-state index in [1.54, 1.807) is 27.0 Å². The van der Waals surface area contributed by atoms with Crippen molar-refractivity contribution in [1.29, 1.82) is 5.41 Å². The van der Waals surface area contributed by atoms with Gasteiger partial charge in [-0.1, -0.05) is 73.7 Å². The summed E-state index contributed by atoms with van der Waals surface area (Å²) in [5.41, 5.74) is 4.76. The van der Waals surface area contributed by atoms with Gasteiger partial charge in [0.2, 0.25) is 0 Å². The van der Waals surface area contributed by atoms with Crippen molar-refractivity contribution in [2.24, 2.45) is 0 Å². The van der Waals surface area contributed by atoms with Crippen LogP contribution in [0, 0.1) is 12.3 Å². The molecule has 0 bridgehead atoms. The fourth-order valence-electron chi connectivity index (χ4n) is 2.56. The van der Waals surface area contributed by atoms with Crippen molar-refractivity contribution < 1.29 is 4.39 Å². The largest absolute Gasteiger partial charge is 0.386 e. The fraction of sp³-hybridized carbons (Fsp3) is 0.292. The molecule has 0 amide bonds. The van der Waals surface area contributed by atoms with Crippen LogP contribution >= 0.6 is 0 Å². The molecule has 0 aromatic heterocycles. The van der Waals surface area contributed by atoms with Crippen LogP contribution in [0.25, 0.3) is 5.57 Å². The minimum absolute atomic E-state index is 0.766. The van der Waals surface area contributed by atoms with Gasteiger partial charge >= 0.3 is 0 Å². The van der Waals surface area contributed by atoms with Gasteiger partial charge in [-0.3, -0.25) is 0 Å². The molecular formula is C24H31FN2. The Hall–Kier alpha value is -2.68. The third-order valence-electron chi connectivity index (χ3n) is 4.29. The first-order valence-corrected chi connectivity index (χ1v) is 9.17. The van der Waals surface area contributed by atoms with Gasteiger partial charge in [0.05, 0.1) is 5.70 Å². The fourth-order valence-corrected chi connectivity index (χ4v) is 2.56. The third-order valence-corrected chi connectivity index (χ3v) is 4.29. The molecule has 2 N–H and O–H groups in total. The zero-order chi connectivity index (χ0) is 20.4. The van der Waals surface area contributed by atoms with Gasteiger partial charge in [-0.05, 0) is 43.9 Å². The molecule has 3 heteroatoms. The molecule has 0 saturated carbocycles. The monoisotopic (exact) mass is 366 g/mol. The van der Waals surface area contributed by atoms with E-state index in [-0.39, 0.29) is 0 Å². The lowest BCUT2D eigenvalue weighted by molar-refractivity contribution is 0.221. The van der Waals surface area contributed by atoms with E-state index in [1.807, 2.05) is 36.4 Å². The van der Waals surface area contributed by atoms with Crippen LogP contribution in [0.15, 0.2) is 66.9 Å². The summed E-state index contributed by atoms with van der Waals surface area (Å²) >= 11 is 0. The Morgan fingerprint density at radius 1 is 1.19 bits per heavy atom. The van der Waals surface area contributed by atoms with E-state index in [4.69, 9.17) is 5.41 Å². The van der Waals surface area contributed by atoms with Crippen LogP contribution in [0.4, 0.5) is 4.39 Å². The molecule has 0 radical (unpaired) electrons. The summed E-state index contributed by atoms with van der Waals surface area (Å²) in [6.07, 6.45) is 4.03. The number of nitrogens with one attached hydrogen (secondary N) is 2. The number of halogens is 1. The maximum Gasteiger partial charge on any atom is 0.130 e. The molecule has 2 nitrogen and oxygen atoms in total. The van der Waals surface area contributed by atoms with E-state index >= 15 is 0 Å². The molecule has 0 saturated heterocycles. The molecule has 0 fully saturated rings. The van der Waals surface area contributed by atoms with Crippen molar-refractivity contribution in [3.8, 4) is 0 Å². The van der Waals surface area contributed by atoms with Crippen LogP contribution in [0.3, 0.4) is 0 Å². The maximum absolute atomic E-state index is 13.4. The Bertz CT molecular complexity index is 781. The molecule has 0 aliphatic carbocycles. The molecule has 2 aromatic rings. The number of hydrogen-bond donors (Lipinski definition) is 2. The summed E-state index contributed by atoms with van der Waals surface area (Å²) in [6, 6.07) is 15.9. The second kappa shape index (κ2) is 10.5. The molecule has 2 rings (SSSR count). The smallest absolute Gasteiger partial charge is 0.130 e. The maximum atomic E-state index is 13.4. The third kappa shape index (κ3) is 6.86. The number of benzene rings is 2. The molecule has 0 aliphatic heterocycles. The summed E-state index contributed by atoms with van der Waals surface area (Å²) < 4.78 is 13.4. The average Bonchev–Trinajstić information content (AvgIpc) is 2.67. The lowest BCUT2D eigenvalue weighted by atomic mass is 9.97. The predicted molar refractivity (Wildman–Crippen MR) is 116 cm³/mol. The molecule has 0 atom stereocenters. The Morgan fingerprint density at radius 2 is 1.81 bits per heavy atom. The molecule has 27 heavy (non-hydrogen) atoms. The number of alkyl halides is 1. The van der Waals surface area contributed by atoms with Gasteiger partial charge in [0.1, 0.15) is 5.67 Å². The normalized spacial score (nSPS) is 11.6. The highest BCUT2D eigenvalue weighted by molar-refractivity contribution is 5.92. The van der Waals surface area contributed by atoms with Crippen molar-refractivity contribution in [3.63, 3.8) is 0 Å². The Kier molecular flexibility index (Phi) is 8.67. The molecule has 2 aromatic carbocycles. The van der Waals surface area contributed by atoms with Crippen LogP contribution in [0.5, 0.6) is 0 Å².